The summed E-state index contributed by atoms with van der Waals surface area (Å²) in [5.41, 5.74) is 6.96. The third-order valence-corrected chi connectivity index (χ3v) is 7.00. The van der Waals surface area contributed by atoms with Gasteiger partial charge in [-0.2, -0.15) is 0 Å². The first-order valence-corrected chi connectivity index (χ1v) is 10.2. The number of thiophene rings is 1. The zero-order valence-electron chi connectivity index (χ0n) is 15.0. The maximum absolute atomic E-state index is 12.7. The van der Waals surface area contributed by atoms with E-state index >= 15 is 0 Å². The number of carbonyl (C=O) groups excluding carboxylic acids is 3. The second-order valence-corrected chi connectivity index (χ2v) is 8.50. The molecule has 6 nitrogen and oxygen atoms in total. The van der Waals surface area contributed by atoms with Gasteiger partial charge in [-0.1, -0.05) is 26.2 Å². The third kappa shape index (κ3) is 3.63. The van der Waals surface area contributed by atoms with Crippen LogP contribution in [0.3, 0.4) is 0 Å². The van der Waals surface area contributed by atoms with Gasteiger partial charge >= 0.3 is 0 Å². The van der Waals surface area contributed by atoms with Gasteiger partial charge in [-0.15, -0.1) is 11.3 Å². The van der Waals surface area contributed by atoms with Gasteiger partial charge in [0.25, 0.3) is 5.91 Å². The number of fused-ring (bicyclic) bond motifs is 1. The van der Waals surface area contributed by atoms with Crippen molar-refractivity contribution < 1.29 is 19.5 Å². The Morgan fingerprint density at radius 1 is 1.19 bits per heavy atom. The molecule has 0 aliphatic heterocycles. The summed E-state index contributed by atoms with van der Waals surface area (Å²) in [4.78, 5) is 37.2. The molecule has 0 bridgehead atoms. The minimum atomic E-state index is -1.17. The lowest BCUT2D eigenvalue weighted by molar-refractivity contribution is -0.313. The van der Waals surface area contributed by atoms with Crippen molar-refractivity contribution in [3.8, 4) is 0 Å². The summed E-state index contributed by atoms with van der Waals surface area (Å²) in [6.07, 6.45) is 6.40. The van der Waals surface area contributed by atoms with E-state index in [0.29, 0.717) is 29.3 Å². The van der Waals surface area contributed by atoms with Crippen molar-refractivity contribution in [2.24, 2.45) is 23.5 Å². The molecule has 0 unspecified atom stereocenters. The van der Waals surface area contributed by atoms with Crippen LogP contribution in [-0.4, -0.2) is 17.8 Å². The second kappa shape index (κ2) is 7.78. The summed E-state index contributed by atoms with van der Waals surface area (Å²) >= 11 is 1.42. The van der Waals surface area contributed by atoms with Crippen LogP contribution in [0.5, 0.6) is 0 Å². The molecule has 0 radical (unpaired) electrons. The number of anilines is 1. The first-order valence-electron chi connectivity index (χ1n) is 9.38. The van der Waals surface area contributed by atoms with Crippen molar-refractivity contribution >= 4 is 34.1 Å². The molecule has 7 heteroatoms. The maximum Gasteiger partial charge on any atom is 0.251 e. The molecular formula is C19H25N2O4S-. The van der Waals surface area contributed by atoms with Crippen LogP contribution >= 0.6 is 11.3 Å². The minimum absolute atomic E-state index is 0.341. The number of carbonyl (C=O) groups is 3. The molecule has 3 atom stereocenters. The predicted octanol–water partition coefficient (Wildman–Crippen LogP) is 1.86. The van der Waals surface area contributed by atoms with Gasteiger partial charge in [-0.3, -0.25) is 9.59 Å². The average Bonchev–Trinajstić information content (AvgIpc) is 2.98. The molecule has 3 N–H and O–H groups in total. The average molecular weight is 377 g/mol. The highest BCUT2D eigenvalue weighted by molar-refractivity contribution is 7.17. The quantitative estimate of drug-likeness (QED) is 0.815. The molecule has 1 aromatic heterocycles. The molecule has 26 heavy (non-hydrogen) atoms. The Balaban J connectivity index is 1.85. The highest BCUT2D eigenvalue weighted by Gasteiger charge is 2.34. The SMILES string of the molecule is CC[C@H]1CCc2c(sc(NC(=O)[C@H]3CCCC[C@@H]3C(=O)[O-])c2C(N)=O)C1. The minimum Gasteiger partial charge on any atom is -0.550 e. The number of rotatable bonds is 5. The predicted molar refractivity (Wildman–Crippen MR) is 97.7 cm³/mol. The Bertz CT molecular complexity index is 727. The zero-order chi connectivity index (χ0) is 18.8. The monoisotopic (exact) mass is 377 g/mol. The maximum atomic E-state index is 12.7. The van der Waals surface area contributed by atoms with E-state index in [-0.39, 0.29) is 5.91 Å². The molecule has 2 aliphatic carbocycles. The summed E-state index contributed by atoms with van der Waals surface area (Å²) < 4.78 is 0. The van der Waals surface area contributed by atoms with E-state index in [9.17, 15) is 19.5 Å². The van der Waals surface area contributed by atoms with Crippen molar-refractivity contribution in [3.63, 3.8) is 0 Å². The van der Waals surface area contributed by atoms with Crippen LogP contribution in [0.2, 0.25) is 0 Å². The van der Waals surface area contributed by atoms with E-state index in [1.54, 1.807) is 0 Å². The first kappa shape index (κ1) is 18.9. The van der Waals surface area contributed by atoms with E-state index in [4.69, 9.17) is 5.73 Å². The molecule has 0 saturated heterocycles. The molecule has 1 heterocycles. The third-order valence-electron chi connectivity index (χ3n) is 5.83. The number of hydrogen-bond acceptors (Lipinski definition) is 5. The van der Waals surface area contributed by atoms with Gasteiger partial charge in [0.1, 0.15) is 5.00 Å². The molecule has 1 fully saturated rings. The number of nitrogens with two attached hydrogens (primary N) is 1. The van der Waals surface area contributed by atoms with Crippen molar-refractivity contribution in [1.29, 1.82) is 0 Å². The summed E-state index contributed by atoms with van der Waals surface area (Å²) in [6, 6.07) is 0. The molecule has 2 aliphatic rings. The largest absolute Gasteiger partial charge is 0.550 e. The molecule has 0 aromatic carbocycles. The molecule has 0 spiro atoms. The number of hydrogen-bond donors (Lipinski definition) is 2. The van der Waals surface area contributed by atoms with Crippen molar-refractivity contribution in [2.45, 2.75) is 58.3 Å². The molecule has 2 amide bonds. The molecule has 1 saturated carbocycles. The number of carboxylic acids is 1. The van der Waals surface area contributed by atoms with Crippen LogP contribution in [0, 0.1) is 17.8 Å². The lowest BCUT2D eigenvalue weighted by Gasteiger charge is -2.31. The van der Waals surface area contributed by atoms with Gasteiger partial charge in [0.05, 0.1) is 5.56 Å². The van der Waals surface area contributed by atoms with Crippen LogP contribution in [0.4, 0.5) is 5.00 Å². The highest BCUT2D eigenvalue weighted by atomic mass is 32.1. The topological polar surface area (TPSA) is 112 Å². The lowest BCUT2D eigenvalue weighted by Crippen LogP contribution is -2.42. The van der Waals surface area contributed by atoms with Gasteiger partial charge in [-0.05, 0) is 43.6 Å². The van der Waals surface area contributed by atoms with E-state index < -0.39 is 23.7 Å². The Hall–Kier alpha value is -1.89. The van der Waals surface area contributed by atoms with Gasteiger partial charge in [-0.25, -0.2) is 0 Å². The molecule has 3 rings (SSSR count). The fourth-order valence-electron chi connectivity index (χ4n) is 4.28. The smallest absolute Gasteiger partial charge is 0.251 e. The highest BCUT2D eigenvalue weighted by Crippen LogP contribution is 2.41. The molecule has 142 valence electrons. The zero-order valence-corrected chi connectivity index (χ0v) is 15.8. The van der Waals surface area contributed by atoms with Crippen molar-refractivity contribution in [1.82, 2.24) is 0 Å². The van der Waals surface area contributed by atoms with Crippen molar-refractivity contribution in [3.05, 3.63) is 16.0 Å². The fourth-order valence-corrected chi connectivity index (χ4v) is 5.65. The number of aliphatic carboxylic acids is 1. The number of nitrogens with one attached hydrogen (secondary N) is 1. The summed E-state index contributed by atoms with van der Waals surface area (Å²) in [5, 5.41) is 14.7. The second-order valence-electron chi connectivity index (χ2n) is 7.39. The number of amides is 2. The van der Waals surface area contributed by atoms with Gasteiger partial charge in [0.2, 0.25) is 5.91 Å². The summed E-state index contributed by atoms with van der Waals surface area (Å²) in [6.45, 7) is 2.16. The fraction of sp³-hybridized carbons (Fsp3) is 0.632. The van der Waals surface area contributed by atoms with E-state index in [1.165, 1.54) is 11.3 Å². The van der Waals surface area contributed by atoms with Gasteiger partial charge < -0.3 is 21.0 Å². The van der Waals surface area contributed by atoms with Crippen LogP contribution < -0.4 is 16.2 Å². The van der Waals surface area contributed by atoms with Gasteiger partial charge in [0, 0.05) is 22.7 Å². The van der Waals surface area contributed by atoms with Gasteiger partial charge in [0.15, 0.2) is 0 Å². The Morgan fingerprint density at radius 2 is 1.88 bits per heavy atom. The molecule has 1 aromatic rings. The lowest BCUT2D eigenvalue weighted by atomic mass is 9.78. The van der Waals surface area contributed by atoms with E-state index in [2.05, 4.69) is 12.2 Å². The van der Waals surface area contributed by atoms with Crippen LogP contribution in [-0.2, 0) is 22.4 Å². The van der Waals surface area contributed by atoms with E-state index in [1.807, 2.05) is 0 Å². The molecular weight excluding hydrogens is 352 g/mol. The normalized spacial score (nSPS) is 25.3. The van der Waals surface area contributed by atoms with Crippen molar-refractivity contribution in [2.75, 3.05) is 5.32 Å². The van der Waals surface area contributed by atoms with Crippen LogP contribution in [0.1, 0.15) is 66.2 Å². The Morgan fingerprint density at radius 3 is 2.50 bits per heavy atom. The van der Waals surface area contributed by atoms with Crippen LogP contribution in [0.25, 0.3) is 0 Å². The number of carboxylic acid groups (broad SMARTS) is 1. The van der Waals surface area contributed by atoms with E-state index in [0.717, 1.165) is 49.0 Å². The Labute approximate surface area is 157 Å². The Kier molecular flexibility index (Phi) is 5.65. The first-order chi connectivity index (χ1) is 12.4. The summed E-state index contributed by atoms with van der Waals surface area (Å²) in [5.74, 6) is -2.83. The van der Waals surface area contributed by atoms with Crippen LogP contribution in [0.15, 0.2) is 0 Å². The summed E-state index contributed by atoms with van der Waals surface area (Å²) in [7, 11) is 0. The standard InChI is InChI=1S/C19H26N2O4S/c1-2-10-7-8-13-14(9-10)26-18(15(13)16(20)22)21-17(23)11-5-3-4-6-12(11)19(24)25/h10-12H,2-9H2,1H3,(H2,20,22)(H,21,23)(H,24,25)/p-1/t10-,11-,12-/m0/s1. The number of primary amides is 1.